The van der Waals surface area contributed by atoms with Crippen molar-refractivity contribution in [3.05, 3.63) is 30.6 Å². The van der Waals surface area contributed by atoms with Gasteiger partial charge in [-0.25, -0.2) is 4.57 Å². The predicted octanol–water partition coefficient (Wildman–Crippen LogP) is 8.93. The van der Waals surface area contributed by atoms with Gasteiger partial charge in [-0.05, 0) is 25.7 Å². The maximum atomic E-state index is 6.13. The first kappa shape index (κ1) is 29.3. The third-order valence-corrected chi connectivity index (χ3v) is 7.34. The number of aryl methyl sites for hydroxylation is 1. The van der Waals surface area contributed by atoms with E-state index in [2.05, 4.69) is 42.1 Å². The van der Waals surface area contributed by atoms with Crippen LogP contribution in [0.3, 0.4) is 0 Å². The second kappa shape index (κ2) is 21.4. The molecule has 34 heavy (non-hydrogen) atoms. The van der Waals surface area contributed by atoms with E-state index in [9.17, 15) is 0 Å². The van der Waals surface area contributed by atoms with Gasteiger partial charge in [0.1, 0.15) is 6.54 Å². The number of nitrogens with zero attached hydrogens (tertiary/aromatic N) is 1. The second-order valence-electron chi connectivity index (χ2n) is 10.5. The topological polar surface area (TPSA) is 22.3 Å². The van der Waals surface area contributed by atoms with Crippen molar-refractivity contribution in [2.45, 2.75) is 161 Å². The Bertz CT molecular complexity index is 550. The molecule has 0 aromatic carbocycles. The van der Waals surface area contributed by atoms with Gasteiger partial charge in [0.25, 0.3) is 0 Å². The van der Waals surface area contributed by atoms with Crippen molar-refractivity contribution in [3.63, 3.8) is 0 Å². The third kappa shape index (κ3) is 15.9. The Balaban J connectivity index is 1.28. The van der Waals surface area contributed by atoms with E-state index in [1.807, 2.05) is 0 Å². The highest BCUT2D eigenvalue weighted by atomic mass is 16.7. The van der Waals surface area contributed by atoms with Crippen LogP contribution >= 0.6 is 0 Å². The zero-order chi connectivity index (χ0) is 23.9. The van der Waals surface area contributed by atoms with Crippen LogP contribution in [0.5, 0.6) is 0 Å². The molecule has 3 heteroatoms. The Morgan fingerprint density at radius 3 is 1.85 bits per heavy atom. The van der Waals surface area contributed by atoms with Crippen molar-refractivity contribution < 1.29 is 14.0 Å². The van der Waals surface area contributed by atoms with Gasteiger partial charge in [0, 0.05) is 31.6 Å². The van der Waals surface area contributed by atoms with Gasteiger partial charge in [0.2, 0.25) is 0 Å². The van der Waals surface area contributed by atoms with Gasteiger partial charge < -0.3 is 9.47 Å². The molecule has 2 rings (SSSR count). The zero-order valence-electron chi connectivity index (χ0n) is 22.6. The Labute approximate surface area is 212 Å². The first-order valence-electron chi connectivity index (χ1n) is 15.1. The summed E-state index contributed by atoms with van der Waals surface area (Å²) >= 11 is 0. The molecule has 0 N–H and O–H groups in total. The van der Waals surface area contributed by atoms with Crippen LogP contribution in [-0.2, 0) is 16.0 Å². The number of hydrogen-bond donors (Lipinski definition) is 0. The summed E-state index contributed by atoms with van der Waals surface area (Å²) < 4.78 is 14.4. The van der Waals surface area contributed by atoms with Crippen molar-refractivity contribution in [2.24, 2.45) is 0 Å². The summed E-state index contributed by atoms with van der Waals surface area (Å²) in [7, 11) is 0. The van der Waals surface area contributed by atoms with E-state index in [4.69, 9.17) is 9.47 Å². The normalized spacial score (nSPS) is 18.0. The number of unbranched alkanes of at least 4 members (excludes halogenated alkanes) is 16. The van der Waals surface area contributed by atoms with Crippen LogP contribution in [0.4, 0.5) is 0 Å². The maximum absolute atomic E-state index is 6.13. The molecule has 1 saturated heterocycles. The summed E-state index contributed by atoms with van der Waals surface area (Å²) in [6, 6.07) is 6.27. The third-order valence-electron chi connectivity index (χ3n) is 7.34. The van der Waals surface area contributed by atoms with E-state index < -0.39 is 0 Å². The van der Waals surface area contributed by atoms with Crippen LogP contribution in [0.25, 0.3) is 0 Å². The predicted molar refractivity (Wildman–Crippen MR) is 144 cm³/mol. The molecule has 1 fully saturated rings. The van der Waals surface area contributed by atoms with Crippen LogP contribution in [-0.4, -0.2) is 19.0 Å². The smallest absolute Gasteiger partial charge is 0.168 e. The SMILES string of the molecule is CCCCCCCCCCCCCCCCC1CCC(OCCCCCC[n+]2ccccc2)O1. The molecular formula is C31H56NO2+. The molecule has 0 radical (unpaired) electrons. The molecule has 2 unspecified atom stereocenters. The molecule has 1 aromatic rings. The Morgan fingerprint density at radius 2 is 1.21 bits per heavy atom. The van der Waals surface area contributed by atoms with Crippen LogP contribution in [0.2, 0.25) is 0 Å². The highest BCUT2D eigenvalue weighted by Crippen LogP contribution is 2.25. The summed E-state index contributed by atoms with van der Waals surface area (Å²) in [6.07, 6.45) is 33.2. The molecule has 0 saturated carbocycles. The van der Waals surface area contributed by atoms with E-state index in [0.29, 0.717) is 6.10 Å². The molecule has 2 heterocycles. The highest BCUT2D eigenvalue weighted by Gasteiger charge is 2.25. The quantitative estimate of drug-likeness (QED) is 0.117. The summed E-state index contributed by atoms with van der Waals surface area (Å²) in [5, 5.41) is 0. The summed E-state index contributed by atoms with van der Waals surface area (Å²) in [6.45, 7) is 4.27. The molecule has 1 aliphatic rings. The number of ether oxygens (including phenoxy) is 2. The van der Waals surface area contributed by atoms with Gasteiger partial charge in [0.05, 0.1) is 6.10 Å². The fraction of sp³-hybridized carbons (Fsp3) is 0.839. The number of aromatic nitrogens is 1. The average molecular weight is 475 g/mol. The van der Waals surface area contributed by atoms with E-state index in [0.717, 1.165) is 26.0 Å². The molecule has 0 amide bonds. The Morgan fingerprint density at radius 1 is 0.647 bits per heavy atom. The lowest BCUT2D eigenvalue weighted by molar-refractivity contribution is -0.697. The lowest BCUT2D eigenvalue weighted by Crippen LogP contribution is -2.32. The molecule has 0 bridgehead atoms. The van der Waals surface area contributed by atoms with Crippen LogP contribution in [0.15, 0.2) is 30.6 Å². The van der Waals surface area contributed by atoms with Crippen LogP contribution < -0.4 is 4.57 Å². The summed E-state index contributed by atoms with van der Waals surface area (Å²) in [5.74, 6) is 0. The fourth-order valence-corrected chi connectivity index (χ4v) is 5.12. The molecule has 0 spiro atoms. The van der Waals surface area contributed by atoms with Gasteiger partial charge >= 0.3 is 0 Å². The minimum Gasteiger partial charge on any atom is -0.353 e. The van der Waals surface area contributed by atoms with Gasteiger partial charge in [-0.2, -0.15) is 0 Å². The average Bonchev–Trinajstić information content (AvgIpc) is 3.32. The molecule has 196 valence electrons. The lowest BCUT2D eigenvalue weighted by Gasteiger charge is -2.14. The largest absolute Gasteiger partial charge is 0.353 e. The van der Waals surface area contributed by atoms with Gasteiger partial charge in [-0.3, -0.25) is 0 Å². The fourth-order valence-electron chi connectivity index (χ4n) is 5.12. The van der Waals surface area contributed by atoms with Crippen LogP contribution in [0, 0.1) is 0 Å². The monoisotopic (exact) mass is 474 g/mol. The highest BCUT2D eigenvalue weighted by molar-refractivity contribution is 4.83. The molecular weight excluding hydrogens is 418 g/mol. The molecule has 3 nitrogen and oxygen atoms in total. The van der Waals surface area contributed by atoms with E-state index in [-0.39, 0.29) is 6.29 Å². The molecule has 2 atom stereocenters. The van der Waals surface area contributed by atoms with Crippen molar-refractivity contribution in [3.8, 4) is 0 Å². The second-order valence-corrected chi connectivity index (χ2v) is 10.5. The van der Waals surface area contributed by atoms with Crippen LogP contribution in [0.1, 0.15) is 142 Å². The van der Waals surface area contributed by atoms with Crippen molar-refractivity contribution >= 4 is 0 Å². The lowest BCUT2D eigenvalue weighted by atomic mass is 10.0. The van der Waals surface area contributed by atoms with Crippen molar-refractivity contribution in [2.75, 3.05) is 6.61 Å². The molecule has 1 aromatic heterocycles. The first-order valence-corrected chi connectivity index (χ1v) is 15.1. The summed E-state index contributed by atoms with van der Waals surface area (Å²) in [4.78, 5) is 0. The standard InChI is InChI=1S/C31H56NO2/c1-2-3-4-5-6-7-8-9-10-11-12-13-14-18-23-30-24-25-31(34-30)33-29-22-16-15-19-26-32-27-20-17-21-28-32/h17,20-21,27-28,30-31H,2-16,18-19,22-26,29H2,1H3/q+1. The van der Waals surface area contributed by atoms with Crippen molar-refractivity contribution in [1.82, 2.24) is 0 Å². The van der Waals surface area contributed by atoms with Crippen molar-refractivity contribution in [1.29, 1.82) is 0 Å². The molecule has 1 aliphatic heterocycles. The number of pyridine rings is 1. The summed E-state index contributed by atoms with van der Waals surface area (Å²) in [5.41, 5.74) is 0. The maximum Gasteiger partial charge on any atom is 0.168 e. The van der Waals surface area contributed by atoms with Gasteiger partial charge in [-0.15, -0.1) is 0 Å². The van der Waals surface area contributed by atoms with E-state index in [1.54, 1.807) is 0 Å². The minimum atomic E-state index is 0.0662. The molecule has 0 aliphatic carbocycles. The number of hydrogen-bond acceptors (Lipinski definition) is 2. The minimum absolute atomic E-state index is 0.0662. The van der Waals surface area contributed by atoms with E-state index in [1.165, 1.54) is 122 Å². The first-order chi connectivity index (χ1) is 16.9. The number of rotatable bonds is 23. The Hall–Kier alpha value is -0.930. The Kier molecular flexibility index (Phi) is 18.4. The van der Waals surface area contributed by atoms with Gasteiger partial charge in [0.15, 0.2) is 18.7 Å². The van der Waals surface area contributed by atoms with E-state index >= 15 is 0 Å². The zero-order valence-corrected chi connectivity index (χ0v) is 22.6. The van der Waals surface area contributed by atoms with Gasteiger partial charge in [-0.1, -0.05) is 109 Å².